The van der Waals surface area contributed by atoms with Crippen LogP contribution in [0.5, 0.6) is 5.75 Å². The number of halogens is 1. The van der Waals surface area contributed by atoms with Crippen molar-refractivity contribution in [1.82, 2.24) is 5.43 Å². The Labute approximate surface area is 153 Å². The van der Waals surface area contributed by atoms with E-state index in [0.29, 0.717) is 4.47 Å². The molecule has 3 rings (SSSR count). The first-order valence-corrected chi connectivity index (χ1v) is 8.34. The zero-order valence-corrected chi connectivity index (χ0v) is 14.7. The Morgan fingerprint density at radius 1 is 1.08 bits per heavy atom. The lowest BCUT2D eigenvalue weighted by Gasteiger charge is -2.12. The van der Waals surface area contributed by atoms with Crippen molar-refractivity contribution in [2.45, 2.75) is 0 Å². The molecule has 0 saturated carbocycles. The largest absolute Gasteiger partial charge is 0.507 e. The van der Waals surface area contributed by atoms with Gasteiger partial charge < -0.3 is 10.4 Å². The summed E-state index contributed by atoms with van der Waals surface area (Å²) in [5.74, 6) is 5.00. The van der Waals surface area contributed by atoms with Crippen LogP contribution in [0, 0.1) is 0 Å². The van der Waals surface area contributed by atoms with E-state index in [-0.39, 0.29) is 11.4 Å². The molecule has 25 heavy (non-hydrogen) atoms. The monoisotopic (exact) mass is 397 g/mol. The Morgan fingerprint density at radius 2 is 1.84 bits per heavy atom. The number of aromatic hydroxyl groups is 1. The van der Waals surface area contributed by atoms with Crippen molar-refractivity contribution in [2.75, 3.05) is 5.32 Å². The molecule has 0 heterocycles. The second-order valence-corrected chi connectivity index (χ2v) is 6.25. The summed E-state index contributed by atoms with van der Waals surface area (Å²) < 4.78 is 0.541. The van der Waals surface area contributed by atoms with E-state index >= 15 is 0 Å². The molecule has 0 spiro atoms. The maximum absolute atomic E-state index is 12.2. The number of hydrogen-bond donors (Lipinski definition) is 4. The predicted molar refractivity (Wildman–Crippen MR) is 104 cm³/mol. The summed E-state index contributed by atoms with van der Waals surface area (Å²) in [4.78, 5) is 12.2. The molecule has 6 heteroatoms. The molecule has 0 aliphatic rings. The van der Waals surface area contributed by atoms with E-state index in [9.17, 15) is 9.90 Å². The molecular formula is C19H16BrN3O2. The fraction of sp³-hybridized carbons (Fsp3) is 0. The number of anilines is 1. The Bertz CT molecular complexity index is 965. The van der Waals surface area contributed by atoms with Crippen LogP contribution >= 0.6 is 15.9 Å². The second kappa shape index (κ2) is 7.38. The minimum absolute atomic E-state index is 0.129. The van der Waals surface area contributed by atoms with Crippen LogP contribution in [0.15, 0.2) is 70.8 Å². The number of rotatable bonds is 4. The molecule has 0 radical (unpaired) electrons. The standard InChI is InChI=1S/C19H16BrN3O2/c20-15-10-12(8-9-18(15)24)11-17(19(25)23-21)22-16-7-3-5-13-4-1-2-6-14(13)16/h1-11,22,24H,21H2,(H,23,25). The van der Waals surface area contributed by atoms with Crippen LogP contribution in [0.4, 0.5) is 5.69 Å². The molecule has 3 aromatic carbocycles. The van der Waals surface area contributed by atoms with Gasteiger partial charge in [0, 0.05) is 11.1 Å². The number of phenolic OH excluding ortho intramolecular Hbond substituents is 1. The summed E-state index contributed by atoms with van der Waals surface area (Å²) in [5.41, 5.74) is 3.97. The van der Waals surface area contributed by atoms with E-state index in [0.717, 1.165) is 22.0 Å². The molecule has 5 N–H and O–H groups in total. The van der Waals surface area contributed by atoms with E-state index < -0.39 is 5.91 Å². The molecule has 1 amide bonds. The van der Waals surface area contributed by atoms with E-state index in [2.05, 4.69) is 26.7 Å². The maximum atomic E-state index is 12.2. The van der Waals surface area contributed by atoms with Gasteiger partial charge in [-0.2, -0.15) is 0 Å². The lowest BCUT2D eigenvalue weighted by molar-refractivity contribution is -0.117. The average molecular weight is 398 g/mol. The number of carbonyl (C=O) groups is 1. The molecule has 0 unspecified atom stereocenters. The summed E-state index contributed by atoms with van der Waals surface area (Å²) in [6.07, 6.45) is 1.66. The van der Waals surface area contributed by atoms with Gasteiger partial charge in [-0.1, -0.05) is 42.5 Å². The smallest absolute Gasteiger partial charge is 0.281 e. The Hall–Kier alpha value is -2.83. The molecular weight excluding hydrogens is 382 g/mol. The first kappa shape index (κ1) is 17.0. The van der Waals surface area contributed by atoms with E-state index in [1.54, 1.807) is 24.3 Å². The van der Waals surface area contributed by atoms with Crippen molar-refractivity contribution in [3.05, 3.63) is 76.4 Å². The third kappa shape index (κ3) is 3.81. The Balaban J connectivity index is 2.02. The highest BCUT2D eigenvalue weighted by molar-refractivity contribution is 9.10. The van der Waals surface area contributed by atoms with Gasteiger partial charge in [-0.3, -0.25) is 10.2 Å². The van der Waals surface area contributed by atoms with Crippen molar-refractivity contribution in [1.29, 1.82) is 0 Å². The number of phenols is 1. The highest BCUT2D eigenvalue weighted by Gasteiger charge is 2.11. The lowest BCUT2D eigenvalue weighted by Crippen LogP contribution is -2.33. The fourth-order valence-corrected chi connectivity index (χ4v) is 2.89. The van der Waals surface area contributed by atoms with Gasteiger partial charge >= 0.3 is 0 Å². The van der Waals surface area contributed by atoms with Crippen LogP contribution in [0.2, 0.25) is 0 Å². The second-order valence-electron chi connectivity index (χ2n) is 5.39. The highest BCUT2D eigenvalue weighted by Crippen LogP contribution is 2.27. The van der Waals surface area contributed by atoms with Crippen molar-refractivity contribution >= 4 is 44.4 Å². The van der Waals surface area contributed by atoms with E-state index in [1.807, 2.05) is 42.5 Å². The Kier molecular flexibility index (Phi) is 5.02. The number of fused-ring (bicyclic) bond motifs is 1. The molecule has 0 bridgehead atoms. The molecule has 0 saturated heterocycles. The van der Waals surface area contributed by atoms with E-state index in [4.69, 9.17) is 5.84 Å². The Morgan fingerprint density at radius 3 is 2.60 bits per heavy atom. The van der Waals surface area contributed by atoms with Gasteiger partial charge in [-0.05, 0) is 51.2 Å². The van der Waals surface area contributed by atoms with Gasteiger partial charge in [0.2, 0.25) is 0 Å². The van der Waals surface area contributed by atoms with Crippen LogP contribution in [0.1, 0.15) is 5.56 Å². The number of benzene rings is 3. The molecule has 0 fully saturated rings. The summed E-state index contributed by atoms with van der Waals surface area (Å²) in [6, 6.07) is 18.7. The molecule has 3 aromatic rings. The van der Waals surface area contributed by atoms with Gasteiger partial charge in [-0.25, -0.2) is 5.84 Å². The number of hydrogen-bond acceptors (Lipinski definition) is 4. The third-order valence-electron chi connectivity index (χ3n) is 3.72. The molecule has 5 nitrogen and oxygen atoms in total. The molecule has 0 atom stereocenters. The van der Waals surface area contributed by atoms with Crippen molar-refractivity contribution in [2.24, 2.45) is 5.84 Å². The fourth-order valence-electron chi connectivity index (χ4n) is 2.50. The summed E-state index contributed by atoms with van der Waals surface area (Å²) >= 11 is 3.26. The number of carbonyl (C=O) groups excluding carboxylic acids is 1. The summed E-state index contributed by atoms with van der Waals surface area (Å²) in [5, 5.41) is 14.8. The van der Waals surface area contributed by atoms with Crippen LogP contribution in [0.25, 0.3) is 16.8 Å². The first-order valence-electron chi connectivity index (χ1n) is 7.54. The van der Waals surface area contributed by atoms with Crippen molar-refractivity contribution in [3.63, 3.8) is 0 Å². The minimum Gasteiger partial charge on any atom is -0.507 e. The molecule has 126 valence electrons. The zero-order chi connectivity index (χ0) is 17.8. The van der Waals surface area contributed by atoms with Crippen LogP contribution in [0.3, 0.4) is 0 Å². The number of amides is 1. The topological polar surface area (TPSA) is 87.4 Å². The lowest BCUT2D eigenvalue weighted by atomic mass is 10.1. The first-order chi connectivity index (χ1) is 12.1. The molecule has 0 aliphatic heterocycles. The average Bonchev–Trinajstić information content (AvgIpc) is 2.63. The van der Waals surface area contributed by atoms with Gasteiger partial charge in [0.05, 0.1) is 4.47 Å². The third-order valence-corrected chi connectivity index (χ3v) is 4.35. The van der Waals surface area contributed by atoms with Crippen molar-refractivity contribution < 1.29 is 9.90 Å². The zero-order valence-electron chi connectivity index (χ0n) is 13.2. The van der Waals surface area contributed by atoms with Gasteiger partial charge in [0.25, 0.3) is 5.91 Å². The van der Waals surface area contributed by atoms with Crippen molar-refractivity contribution in [3.8, 4) is 5.75 Å². The maximum Gasteiger partial charge on any atom is 0.281 e. The number of nitrogens with two attached hydrogens (primary N) is 1. The van der Waals surface area contributed by atoms with E-state index in [1.165, 1.54) is 0 Å². The predicted octanol–water partition coefficient (Wildman–Crippen LogP) is 3.75. The number of nitrogens with one attached hydrogen (secondary N) is 2. The van der Waals surface area contributed by atoms with Crippen LogP contribution in [-0.4, -0.2) is 11.0 Å². The summed E-state index contributed by atoms with van der Waals surface area (Å²) in [6.45, 7) is 0. The quantitative estimate of drug-likeness (QED) is 0.233. The summed E-state index contributed by atoms with van der Waals surface area (Å²) in [7, 11) is 0. The van der Waals surface area contributed by atoms with Gasteiger partial charge in [0.15, 0.2) is 0 Å². The minimum atomic E-state index is -0.447. The van der Waals surface area contributed by atoms with Gasteiger partial charge in [-0.15, -0.1) is 0 Å². The molecule has 0 aromatic heterocycles. The molecule has 0 aliphatic carbocycles. The normalized spacial score (nSPS) is 11.4. The highest BCUT2D eigenvalue weighted by atomic mass is 79.9. The SMILES string of the molecule is NNC(=O)C(=Cc1ccc(O)c(Br)c1)Nc1cccc2ccccc12. The van der Waals surface area contributed by atoms with Gasteiger partial charge in [0.1, 0.15) is 11.4 Å². The number of hydrazine groups is 1. The van der Waals surface area contributed by atoms with Crippen LogP contribution < -0.4 is 16.6 Å². The van der Waals surface area contributed by atoms with Crippen LogP contribution in [-0.2, 0) is 4.79 Å².